The van der Waals surface area contributed by atoms with Crippen LogP contribution < -0.4 is 5.32 Å². The van der Waals surface area contributed by atoms with E-state index in [2.05, 4.69) is 25.4 Å². The fourth-order valence-electron chi connectivity index (χ4n) is 3.08. The number of hydrogen-bond acceptors (Lipinski definition) is 5. The lowest BCUT2D eigenvalue weighted by atomic mass is 10.0. The molecule has 30 heavy (non-hydrogen) atoms. The van der Waals surface area contributed by atoms with Crippen molar-refractivity contribution in [3.05, 3.63) is 58.5 Å². The molecule has 0 aliphatic heterocycles. The van der Waals surface area contributed by atoms with Gasteiger partial charge in [0.05, 0.1) is 5.69 Å². The highest BCUT2D eigenvalue weighted by molar-refractivity contribution is 6.28. The van der Waals surface area contributed by atoms with Crippen LogP contribution in [0, 0.1) is 13.8 Å². The fraction of sp³-hybridized carbons (Fsp3) is 0.158. The van der Waals surface area contributed by atoms with E-state index in [4.69, 9.17) is 16.1 Å². The number of alkyl halides is 3. The highest BCUT2D eigenvalue weighted by atomic mass is 35.5. The topological polar surface area (TPSA) is 96.7 Å². The summed E-state index contributed by atoms with van der Waals surface area (Å²) in [5.41, 5.74) is 0.600. The van der Waals surface area contributed by atoms with Crippen molar-refractivity contribution in [1.82, 2.24) is 20.1 Å². The first-order chi connectivity index (χ1) is 14.1. The van der Waals surface area contributed by atoms with Crippen molar-refractivity contribution in [2.24, 2.45) is 0 Å². The van der Waals surface area contributed by atoms with E-state index in [0.717, 1.165) is 0 Å². The molecule has 0 saturated carbocycles. The number of carbonyl (C=O) groups is 1. The number of nitrogens with zero attached hydrogens (tertiary/aromatic N) is 3. The van der Waals surface area contributed by atoms with Gasteiger partial charge in [0.1, 0.15) is 16.9 Å². The minimum atomic E-state index is -4.66. The molecule has 1 aromatic carbocycles. The van der Waals surface area contributed by atoms with E-state index in [0.29, 0.717) is 39.8 Å². The summed E-state index contributed by atoms with van der Waals surface area (Å²) in [6, 6.07) is 4.57. The number of halogens is 4. The molecule has 3 aromatic heterocycles. The summed E-state index contributed by atoms with van der Waals surface area (Å²) < 4.78 is 45.2. The summed E-state index contributed by atoms with van der Waals surface area (Å²) in [4.78, 5) is 22.7. The van der Waals surface area contributed by atoms with Gasteiger partial charge in [0, 0.05) is 34.4 Å². The standard InChI is InChI=1S/C19H13ClF3N5O2/c1-8-15(9(2)30-28-8)26-17(29)10-3-4-11-12(6-24-14(11)5-10)16-13(19(21,22)23)7-25-18(20)27-16/h3-7,24H,1-2H3,(H,26,29). The molecule has 0 spiro atoms. The summed E-state index contributed by atoms with van der Waals surface area (Å²) in [6.07, 6.45) is -2.62. The first-order valence-electron chi connectivity index (χ1n) is 8.60. The SMILES string of the molecule is Cc1noc(C)c1NC(=O)c1ccc2c(-c3nc(Cl)ncc3C(F)(F)F)c[nH]c2c1. The number of nitrogens with one attached hydrogen (secondary N) is 2. The van der Waals surface area contributed by atoms with Crippen LogP contribution in [0.1, 0.15) is 27.4 Å². The average molecular weight is 436 g/mol. The normalized spacial score (nSPS) is 11.8. The fourth-order valence-corrected chi connectivity index (χ4v) is 3.22. The van der Waals surface area contributed by atoms with E-state index >= 15 is 0 Å². The Balaban J connectivity index is 1.74. The van der Waals surface area contributed by atoms with E-state index in [1.165, 1.54) is 18.3 Å². The van der Waals surface area contributed by atoms with E-state index in [1.54, 1.807) is 19.9 Å². The Bertz CT molecular complexity index is 1260. The predicted octanol–water partition coefficient (Wildman–Crippen LogP) is 5.15. The number of fused-ring (bicyclic) bond motifs is 1. The van der Waals surface area contributed by atoms with E-state index < -0.39 is 17.6 Å². The van der Waals surface area contributed by atoms with Gasteiger partial charge in [0.2, 0.25) is 5.28 Å². The summed E-state index contributed by atoms with van der Waals surface area (Å²) in [6.45, 7) is 3.36. The van der Waals surface area contributed by atoms with Crippen LogP contribution in [-0.2, 0) is 6.18 Å². The third-order valence-corrected chi connectivity index (χ3v) is 4.72. The van der Waals surface area contributed by atoms with Gasteiger partial charge in [0.25, 0.3) is 5.91 Å². The van der Waals surface area contributed by atoms with Crippen LogP contribution >= 0.6 is 11.6 Å². The van der Waals surface area contributed by atoms with Crippen molar-refractivity contribution in [3.63, 3.8) is 0 Å². The number of hydrogen-bond donors (Lipinski definition) is 2. The molecule has 0 saturated heterocycles. The first-order valence-corrected chi connectivity index (χ1v) is 8.98. The molecule has 0 atom stereocenters. The van der Waals surface area contributed by atoms with Gasteiger partial charge < -0.3 is 14.8 Å². The molecule has 11 heteroatoms. The number of anilines is 1. The summed E-state index contributed by atoms with van der Waals surface area (Å²) in [7, 11) is 0. The Morgan fingerprint density at radius 2 is 2.03 bits per heavy atom. The maximum absolute atomic E-state index is 13.4. The Kier molecular flexibility index (Phi) is 4.73. The molecule has 4 rings (SSSR count). The average Bonchev–Trinajstić information content (AvgIpc) is 3.24. The van der Waals surface area contributed by atoms with Crippen LogP contribution in [0.5, 0.6) is 0 Å². The van der Waals surface area contributed by atoms with Gasteiger partial charge in [-0.15, -0.1) is 0 Å². The van der Waals surface area contributed by atoms with Gasteiger partial charge in [0.15, 0.2) is 5.76 Å². The lowest BCUT2D eigenvalue weighted by Crippen LogP contribution is -2.12. The number of aromatic amines is 1. The van der Waals surface area contributed by atoms with Crippen molar-refractivity contribution < 1.29 is 22.5 Å². The number of amides is 1. The molecule has 7 nitrogen and oxygen atoms in total. The van der Waals surface area contributed by atoms with Gasteiger partial charge in [-0.2, -0.15) is 13.2 Å². The van der Waals surface area contributed by atoms with Gasteiger partial charge in [-0.1, -0.05) is 11.2 Å². The molecule has 3 heterocycles. The Morgan fingerprint density at radius 1 is 1.27 bits per heavy atom. The van der Waals surface area contributed by atoms with Gasteiger partial charge in [-0.05, 0) is 37.6 Å². The molecule has 2 N–H and O–H groups in total. The predicted molar refractivity (Wildman–Crippen MR) is 103 cm³/mol. The second-order valence-electron chi connectivity index (χ2n) is 6.52. The highest BCUT2D eigenvalue weighted by Crippen LogP contribution is 2.38. The molecule has 154 valence electrons. The quantitative estimate of drug-likeness (QED) is 0.433. The van der Waals surface area contributed by atoms with Gasteiger partial charge in [-0.25, -0.2) is 9.97 Å². The molecule has 0 unspecified atom stereocenters. The molecule has 0 fully saturated rings. The van der Waals surface area contributed by atoms with Gasteiger partial charge in [-0.3, -0.25) is 4.79 Å². The lowest BCUT2D eigenvalue weighted by Gasteiger charge is -2.11. The van der Waals surface area contributed by atoms with Crippen molar-refractivity contribution in [3.8, 4) is 11.3 Å². The number of carbonyl (C=O) groups excluding carboxylic acids is 1. The second kappa shape index (κ2) is 7.13. The molecule has 4 aromatic rings. The summed E-state index contributed by atoms with van der Waals surface area (Å²) in [5.74, 6) is 0.0490. The monoisotopic (exact) mass is 435 g/mol. The maximum atomic E-state index is 13.4. The molecule has 0 aliphatic carbocycles. The van der Waals surface area contributed by atoms with E-state index in [-0.39, 0.29) is 16.5 Å². The highest BCUT2D eigenvalue weighted by Gasteiger charge is 2.36. The molecular formula is C19H13ClF3N5O2. The van der Waals surface area contributed by atoms with Crippen molar-refractivity contribution in [2.75, 3.05) is 5.32 Å². The second-order valence-corrected chi connectivity index (χ2v) is 6.85. The Labute approximate surface area is 172 Å². The smallest absolute Gasteiger partial charge is 0.360 e. The molecule has 0 bridgehead atoms. The largest absolute Gasteiger partial charge is 0.419 e. The number of aryl methyl sites for hydroxylation is 2. The Morgan fingerprint density at radius 3 is 2.70 bits per heavy atom. The van der Waals surface area contributed by atoms with Crippen LogP contribution in [0.2, 0.25) is 5.28 Å². The number of aromatic nitrogens is 4. The third-order valence-electron chi connectivity index (χ3n) is 4.54. The summed E-state index contributed by atoms with van der Waals surface area (Å²) >= 11 is 5.73. The maximum Gasteiger partial charge on any atom is 0.419 e. The molecular weight excluding hydrogens is 423 g/mol. The van der Waals surface area contributed by atoms with E-state index in [9.17, 15) is 18.0 Å². The van der Waals surface area contributed by atoms with Crippen molar-refractivity contribution in [2.45, 2.75) is 20.0 Å². The number of H-pyrrole nitrogens is 1. The number of benzene rings is 1. The zero-order valence-electron chi connectivity index (χ0n) is 15.6. The van der Waals surface area contributed by atoms with Crippen LogP contribution in [0.25, 0.3) is 22.2 Å². The van der Waals surface area contributed by atoms with Crippen molar-refractivity contribution in [1.29, 1.82) is 0 Å². The van der Waals surface area contributed by atoms with Crippen LogP contribution in [0.3, 0.4) is 0 Å². The zero-order chi connectivity index (χ0) is 21.6. The zero-order valence-corrected chi connectivity index (χ0v) is 16.3. The van der Waals surface area contributed by atoms with Crippen LogP contribution in [0.4, 0.5) is 18.9 Å². The molecule has 0 aliphatic rings. The first kappa shape index (κ1) is 19.9. The van der Waals surface area contributed by atoms with Crippen LogP contribution in [-0.4, -0.2) is 26.0 Å². The molecule has 0 radical (unpaired) electrons. The minimum absolute atomic E-state index is 0.194. The lowest BCUT2D eigenvalue weighted by molar-refractivity contribution is -0.137. The number of rotatable bonds is 3. The Hall–Kier alpha value is -3.40. The summed E-state index contributed by atoms with van der Waals surface area (Å²) in [5, 5.41) is 6.64. The third kappa shape index (κ3) is 3.50. The van der Waals surface area contributed by atoms with Crippen LogP contribution in [0.15, 0.2) is 35.1 Å². The minimum Gasteiger partial charge on any atom is -0.360 e. The van der Waals surface area contributed by atoms with Crippen molar-refractivity contribution >= 4 is 34.1 Å². The molecule has 1 amide bonds. The van der Waals surface area contributed by atoms with E-state index in [1.807, 2.05) is 0 Å². The van der Waals surface area contributed by atoms with Gasteiger partial charge >= 0.3 is 6.18 Å².